The van der Waals surface area contributed by atoms with E-state index in [0.29, 0.717) is 18.3 Å². The van der Waals surface area contributed by atoms with Crippen LogP contribution in [0.15, 0.2) is 11.6 Å². The van der Waals surface area contributed by atoms with Crippen molar-refractivity contribution in [2.75, 3.05) is 0 Å². The van der Waals surface area contributed by atoms with Crippen molar-refractivity contribution in [2.45, 2.75) is 169 Å². The molecule has 0 aromatic carbocycles. The molecule has 15 atom stereocenters. The van der Waals surface area contributed by atoms with Gasteiger partial charge in [0.2, 0.25) is 0 Å². The molecular weight excluding hydrogens is 544 g/mol. The Morgan fingerprint density at radius 2 is 1.51 bits per heavy atom. The van der Waals surface area contributed by atoms with E-state index >= 15 is 0 Å². The van der Waals surface area contributed by atoms with Gasteiger partial charge in [-0.1, -0.05) is 46.3 Å². The summed E-state index contributed by atoms with van der Waals surface area (Å²) < 4.78 is 12.8. The lowest BCUT2D eigenvalue weighted by molar-refractivity contribution is -0.330. The first-order chi connectivity index (χ1) is 19.8. The molecule has 43 heavy (non-hydrogen) atoms. The fourth-order valence-electron chi connectivity index (χ4n) is 11.8. The van der Waals surface area contributed by atoms with Crippen molar-refractivity contribution in [1.29, 1.82) is 0 Å². The molecule has 0 bridgehead atoms. The van der Waals surface area contributed by atoms with E-state index in [-0.39, 0.29) is 39.6 Å². The standard InChI is InChI=1S/C36H62O7/c1-20(2)11-10-15-36(9,43-31-30(41)29(40)28(39)21(3)42-31)22-12-17-35(8)27(22)23(37)19-25-33(6)16-14-26(38)32(4,5)24(33)13-18-34(25,35)7/h11,21-31,37-41H,10,12-19H2,1-9H3/t21?,22?,23-,24?,25?,26+,27?,28+,29+,30?,31+,33+,34-,35-,36+/m1/s1. The van der Waals surface area contributed by atoms with Gasteiger partial charge >= 0.3 is 0 Å². The van der Waals surface area contributed by atoms with Crippen LogP contribution in [-0.4, -0.2) is 74.0 Å². The van der Waals surface area contributed by atoms with Crippen LogP contribution in [0.4, 0.5) is 0 Å². The lowest BCUT2D eigenvalue weighted by Gasteiger charge is -2.70. The van der Waals surface area contributed by atoms with Crippen LogP contribution >= 0.6 is 0 Å². The van der Waals surface area contributed by atoms with Gasteiger partial charge < -0.3 is 35.0 Å². The number of fused-ring (bicyclic) bond motifs is 5. The highest BCUT2D eigenvalue weighted by Crippen LogP contribution is 2.76. The summed E-state index contributed by atoms with van der Waals surface area (Å²) in [5, 5.41) is 55.1. The Bertz CT molecular complexity index is 1060. The van der Waals surface area contributed by atoms with E-state index < -0.39 is 42.4 Å². The first-order valence-corrected chi connectivity index (χ1v) is 17.2. The van der Waals surface area contributed by atoms with Crippen LogP contribution in [0.2, 0.25) is 0 Å². The summed E-state index contributed by atoms with van der Waals surface area (Å²) in [7, 11) is 0. The van der Waals surface area contributed by atoms with Crippen LogP contribution in [0.3, 0.4) is 0 Å². The molecule has 7 heteroatoms. The van der Waals surface area contributed by atoms with Gasteiger partial charge in [-0.25, -0.2) is 0 Å². The summed E-state index contributed by atoms with van der Waals surface area (Å²) in [6.07, 6.45) is 4.06. The number of hydrogen-bond donors (Lipinski definition) is 5. The summed E-state index contributed by atoms with van der Waals surface area (Å²) in [5.41, 5.74) is 0.403. The van der Waals surface area contributed by atoms with Gasteiger partial charge in [0.15, 0.2) is 6.29 Å². The largest absolute Gasteiger partial charge is 0.393 e. The Hall–Kier alpha value is -0.540. The number of aliphatic hydroxyl groups is 5. The van der Waals surface area contributed by atoms with Crippen molar-refractivity contribution in [3.05, 3.63) is 11.6 Å². The molecular formula is C36H62O7. The summed E-state index contributed by atoms with van der Waals surface area (Å²) in [5.74, 6) is 0.875. The highest BCUT2D eigenvalue weighted by molar-refractivity contribution is 5.20. The van der Waals surface area contributed by atoms with Gasteiger partial charge in [0.25, 0.3) is 0 Å². The SMILES string of the molecule is CC(C)=CCC[C@](C)(O[C@@H]1OC(C)[C@H](O)[C@H](O)C1O)C1CC[C@]2(C)C1[C@H](O)CC1[C@@]3(C)CC[C@H](O)C(C)(C)C3CC[C@]12C. The molecule has 6 unspecified atom stereocenters. The zero-order valence-electron chi connectivity index (χ0n) is 28.3. The molecule has 1 aliphatic heterocycles. The molecule has 5 N–H and O–H groups in total. The molecule has 1 heterocycles. The molecule has 0 radical (unpaired) electrons. The first kappa shape index (κ1) is 33.8. The van der Waals surface area contributed by atoms with Crippen molar-refractivity contribution < 1.29 is 35.0 Å². The maximum absolute atomic E-state index is 12.2. The van der Waals surface area contributed by atoms with Gasteiger partial charge in [0.05, 0.1) is 23.9 Å². The molecule has 5 rings (SSSR count). The predicted octanol–water partition coefficient (Wildman–Crippen LogP) is 5.35. The van der Waals surface area contributed by atoms with Gasteiger partial charge in [0.1, 0.15) is 18.3 Å². The molecule has 5 aliphatic rings. The summed E-state index contributed by atoms with van der Waals surface area (Å²) in [6.45, 7) is 19.9. The van der Waals surface area contributed by atoms with Gasteiger partial charge in [-0.05, 0) is 131 Å². The van der Waals surface area contributed by atoms with Crippen LogP contribution < -0.4 is 0 Å². The topological polar surface area (TPSA) is 120 Å². The summed E-state index contributed by atoms with van der Waals surface area (Å²) >= 11 is 0. The van der Waals surface area contributed by atoms with Gasteiger partial charge in [0, 0.05) is 0 Å². The number of hydrogen-bond acceptors (Lipinski definition) is 7. The molecule has 248 valence electrons. The minimum atomic E-state index is -1.36. The zero-order valence-corrected chi connectivity index (χ0v) is 28.3. The lowest BCUT2D eigenvalue weighted by atomic mass is 9.35. The molecule has 0 amide bonds. The van der Waals surface area contributed by atoms with Crippen molar-refractivity contribution >= 4 is 0 Å². The molecule has 0 aromatic heterocycles. The minimum absolute atomic E-state index is 0.0291. The number of allylic oxidation sites excluding steroid dienone is 2. The van der Waals surface area contributed by atoms with Crippen molar-refractivity contribution in [1.82, 2.24) is 0 Å². The van der Waals surface area contributed by atoms with Crippen molar-refractivity contribution in [2.24, 2.45) is 45.3 Å². The third-order valence-electron chi connectivity index (χ3n) is 14.5. The van der Waals surface area contributed by atoms with Crippen LogP contribution in [0.5, 0.6) is 0 Å². The van der Waals surface area contributed by atoms with Gasteiger partial charge in [-0.2, -0.15) is 0 Å². The molecule has 5 fully saturated rings. The van der Waals surface area contributed by atoms with E-state index in [4.69, 9.17) is 9.47 Å². The quantitative estimate of drug-likeness (QED) is 0.259. The van der Waals surface area contributed by atoms with E-state index in [1.54, 1.807) is 6.92 Å². The molecule has 4 saturated carbocycles. The fourth-order valence-corrected chi connectivity index (χ4v) is 11.8. The van der Waals surface area contributed by atoms with Gasteiger partial charge in [-0.15, -0.1) is 0 Å². The highest BCUT2D eigenvalue weighted by Gasteiger charge is 2.71. The molecule has 0 aromatic rings. The zero-order chi connectivity index (χ0) is 31.9. The number of ether oxygens (including phenoxy) is 2. The second kappa shape index (κ2) is 11.3. The number of aliphatic hydroxyl groups excluding tert-OH is 5. The Morgan fingerprint density at radius 3 is 2.16 bits per heavy atom. The third kappa shape index (κ3) is 5.10. The molecule has 4 aliphatic carbocycles. The lowest BCUT2D eigenvalue weighted by Crippen LogP contribution is -2.67. The Kier molecular flexibility index (Phi) is 8.89. The predicted molar refractivity (Wildman–Crippen MR) is 167 cm³/mol. The fraction of sp³-hybridized carbons (Fsp3) is 0.944. The van der Waals surface area contributed by atoms with E-state index in [9.17, 15) is 25.5 Å². The Morgan fingerprint density at radius 1 is 0.860 bits per heavy atom. The first-order valence-electron chi connectivity index (χ1n) is 17.2. The Labute approximate surface area is 260 Å². The average molecular weight is 607 g/mol. The monoisotopic (exact) mass is 606 g/mol. The third-order valence-corrected chi connectivity index (χ3v) is 14.5. The van der Waals surface area contributed by atoms with Gasteiger partial charge in [-0.3, -0.25) is 0 Å². The van der Waals surface area contributed by atoms with Crippen molar-refractivity contribution in [3.8, 4) is 0 Å². The highest BCUT2D eigenvalue weighted by atomic mass is 16.7. The van der Waals surface area contributed by atoms with Crippen LogP contribution in [0.1, 0.15) is 120 Å². The summed E-state index contributed by atoms with van der Waals surface area (Å²) in [6, 6.07) is 0. The molecule has 7 nitrogen and oxygen atoms in total. The maximum Gasteiger partial charge on any atom is 0.187 e. The molecule has 0 spiro atoms. The second-order valence-electron chi connectivity index (χ2n) is 17.3. The normalized spacial score (nSPS) is 52.4. The van der Waals surface area contributed by atoms with E-state index in [0.717, 1.165) is 51.4 Å². The van der Waals surface area contributed by atoms with Crippen LogP contribution in [0, 0.1) is 45.3 Å². The van der Waals surface area contributed by atoms with Crippen LogP contribution in [-0.2, 0) is 9.47 Å². The second-order valence-corrected chi connectivity index (χ2v) is 17.3. The average Bonchev–Trinajstić information content (AvgIpc) is 3.30. The van der Waals surface area contributed by atoms with E-state index in [1.807, 2.05) is 0 Å². The molecule has 1 saturated heterocycles. The summed E-state index contributed by atoms with van der Waals surface area (Å²) in [4.78, 5) is 0. The van der Waals surface area contributed by atoms with Crippen molar-refractivity contribution in [3.63, 3.8) is 0 Å². The number of rotatable bonds is 6. The minimum Gasteiger partial charge on any atom is -0.393 e. The van der Waals surface area contributed by atoms with E-state index in [1.165, 1.54) is 5.57 Å². The van der Waals surface area contributed by atoms with E-state index in [2.05, 4.69) is 61.5 Å². The smallest absolute Gasteiger partial charge is 0.187 e. The van der Waals surface area contributed by atoms with Crippen LogP contribution in [0.25, 0.3) is 0 Å². The Balaban J connectivity index is 1.49. The maximum atomic E-state index is 12.2.